The fourth-order valence-corrected chi connectivity index (χ4v) is 12.0. The van der Waals surface area contributed by atoms with Crippen LogP contribution in [0, 0.1) is 44.2 Å². The number of nitrogens with zero attached hydrogens (tertiary/aromatic N) is 9. The molecule has 0 aliphatic heterocycles. The minimum atomic E-state index is -0.762. The van der Waals surface area contributed by atoms with E-state index in [4.69, 9.17) is 56.7 Å². The van der Waals surface area contributed by atoms with Gasteiger partial charge in [0.05, 0.1) is 70.8 Å². The molecule has 4 aromatic heterocycles. The molecule has 642 valence electrons. The number of H-pyrrole nitrogens is 1. The average Bonchev–Trinajstić information content (AvgIpc) is 1.36. The molecular weight excluding hydrogens is 1640 g/mol. The number of rotatable bonds is 16. The number of ketones is 2. The van der Waals surface area contributed by atoms with Crippen molar-refractivity contribution in [3.8, 4) is 45.5 Å². The number of nitro groups is 3. The van der Waals surface area contributed by atoms with Crippen LogP contribution < -0.4 is 62.7 Å². The number of nitro benzene ring substituents is 3. The Morgan fingerprint density at radius 2 is 0.806 bits per heavy atom. The van der Waals surface area contributed by atoms with Crippen molar-refractivity contribution in [2.75, 3.05) is 112 Å². The maximum Gasteiger partial charge on any atom is 0.343 e. The summed E-state index contributed by atoms with van der Waals surface area (Å²) >= 11 is 5.28. The number of aromatic nitrogens is 2. The molecule has 9 N–H and O–H groups in total. The predicted molar refractivity (Wildman–Crippen MR) is 486 cm³/mol. The fraction of sp³-hybridized carbons (Fsp3) is 0.157. The first kappa shape index (κ1) is 95.4. The number of ether oxygens (including phenoxy) is 1. The van der Waals surface area contributed by atoms with Crippen molar-refractivity contribution in [2.45, 2.75) is 27.7 Å². The number of imidazole rings is 1. The summed E-state index contributed by atoms with van der Waals surface area (Å²) in [5.41, 5.74) is 27.3. The lowest BCUT2D eigenvalue weighted by Gasteiger charge is -2.13. The molecule has 35 heteroatoms. The van der Waals surface area contributed by atoms with Crippen LogP contribution in [0.1, 0.15) is 66.4 Å². The van der Waals surface area contributed by atoms with E-state index in [-0.39, 0.29) is 85.7 Å². The molecule has 0 fully saturated rings. The van der Waals surface area contributed by atoms with Gasteiger partial charge in [-0.05, 0) is 209 Å². The molecule has 0 bridgehead atoms. The molecule has 33 nitrogen and oxygen atoms in total. The molecule has 0 unspecified atom stereocenters. The number of halogens is 2. The summed E-state index contributed by atoms with van der Waals surface area (Å²) in [6.45, 7) is 5.28. The van der Waals surface area contributed by atoms with Crippen LogP contribution in [0.3, 0.4) is 0 Å². The van der Waals surface area contributed by atoms with Crippen LogP contribution in [0.4, 0.5) is 62.6 Å². The van der Waals surface area contributed by atoms with Crippen LogP contribution in [0.15, 0.2) is 234 Å². The third-order valence-corrected chi connectivity index (χ3v) is 18.8. The predicted octanol–water partition coefficient (Wildman–Crippen LogP) is 16.6. The number of aromatic hydroxyl groups is 1. The van der Waals surface area contributed by atoms with E-state index in [1.54, 1.807) is 73.1 Å². The second-order valence-electron chi connectivity index (χ2n) is 28.1. The molecule has 14 rings (SSSR count). The van der Waals surface area contributed by atoms with Crippen molar-refractivity contribution >= 4 is 160 Å². The van der Waals surface area contributed by atoms with Crippen molar-refractivity contribution in [1.29, 1.82) is 0 Å². The van der Waals surface area contributed by atoms with Gasteiger partial charge in [-0.3, -0.25) is 63.9 Å². The average molecular weight is 1730 g/mol. The monoisotopic (exact) mass is 1730 g/mol. The first-order valence-corrected chi connectivity index (χ1v) is 37.2. The number of carbonyl (C=O) groups is 5. The second kappa shape index (κ2) is 42.3. The van der Waals surface area contributed by atoms with Gasteiger partial charge in [0.1, 0.15) is 28.5 Å². The van der Waals surface area contributed by atoms with Crippen LogP contribution in [-0.4, -0.2) is 135 Å². The van der Waals surface area contributed by atoms with Crippen LogP contribution in [-0.2, 0) is 4.79 Å². The summed E-state index contributed by atoms with van der Waals surface area (Å²) < 4.78 is 22.7. The highest BCUT2D eigenvalue weighted by Gasteiger charge is 2.29. The van der Waals surface area contributed by atoms with E-state index in [0.29, 0.717) is 72.6 Å². The molecule has 4 heterocycles. The van der Waals surface area contributed by atoms with E-state index < -0.39 is 54.7 Å². The largest absolute Gasteiger partial charge is 0.502 e. The van der Waals surface area contributed by atoms with Crippen molar-refractivity contribution < 1.29 is 66.9 Å². The number of Topliss-reactive ketones (excluding diaryl/α,β-unsaturated/α-hetero) is 2. The normalized spacial score (nSPS) is 10.3. The lowest BCUT2D eigenvalue weighted by molar-refractivity contribution is -0.386. The molecule has 0 saturated carbocycles. The summed E-state index contributed by atoms with van der Waals surface area (Å²) in [5, 5.41) is 50.2. The van der Waals surface area contributed by atoms with Gasteiger partial charge in [0.15, 0.2) is 39.0 Å². The standard InChI is InChI=1S/C18H15N3O2.C18H18N2O5.C17H15N3O4.C17H17N3O2.C9H10ClNO.C9H9NO4.CH2O2.ClH/c1-21(2)12-5-3-11(4-6-12)16-9-15(22)13-7-8-14-17(18(13)23-16)20-10-19-14;1-11-5-10-15(12(2)21)17(16(11)20(23)24)25-18(22)13-6-8-14(9-7-13)19(3)4;1-19(2)11-5-3-10(4-6-11)15-9-14(21)12-7-8-13(18)16(20(22)23)17(12)24-15;1-20(2)11-5-3-10(4-6-11)15-9-14(21)12-7-8-13(18)16(19)17(12)22-15;1-11(2)8-5-3-7(4-6-8)9(10)12;1-5-3-4-7(6(2)11)9(12)8(5)10(13)14;2-1-3;/h3-10H,1-2H3,(H,19,20);5-10H,1-4H3;3-9H,18H2,1-2H3;3-9H,18-19H2,1-2H3;3-6H,1-2H3;3-4,12H,1-2H3;1H,(H,2,3);1H. The molecule has 0 saturated heterocycles. The number of anilines is 8. The van der Waals surface area contributed by atoms with Crippen molar-refractivity contribution in [2.24, 2.45) is 0 Å². The van der Waals surface area contributed by atoms with Crippen LogP contribution in [0.5, 0.6) is 11.5 Å². The highest BCUT2D eigenvalue weighted by molar-refractivity contribution is 6.67. The smallest absolute Gasteiger partial charge is 0.343 e. The maximum absolute atomic E-state index is 12.4. The van der Waals surface area contributed by atoms with Gasteiger partial charge in [0.2, 0.25) is 17.1 Å². The van der Waals surface area contributed by atoms with Crippen LogP contribution >= 0.6 is 24.0 Å². The number of carbonyl (C=O) groups excluding carboxylic acids is 4. The molecule has 0 atom stereocenters. The number of nitrogen functional groups attached to an aromatic ring is 3. The van der Waals surface area contributed by atoms with E-state index >= 15 is 0 Å². The Hall–Kier alpha value is -15.8. The van der Waals surface area contributed by atoms with E-state index in [1.807, 2.05) is 174 Å². The number of fused-ring (bicyclic) bond motifs is 5. The summed E-state index contributed by atoms with van der Waals surface area (Å²) in [6, 6.07) is 56.3. The Labute approximate surface area is 719 Å². The summed E-state index contributed by atoms with van der Waals surface area (Å²) in [5.74, 6) is -1.18. The van der Waals surface area contributed by atoms with E-state index in [2.05, 4.69) is 9.97 Å². The third kappa shape index (κ3) is 23.2. The molecule has 0 radical (unpaired) electrons. The second-order valence-corrected chi connectivity index (χ2v) is 28.4. The number of phenols is 1. The minimum Gasteiger partial charge on any atom is -0.502 e. The summed E-state index contributed by atoms with van der Waals surface area (Å²) in [6.07, 6.45) is 1.60. The van der Waals surface area contributed by atoms with Gasteiger partial charge in [-0.15, -0.1) is 12.4 Å². The number of phenolic OH excluding ortho intramolecular Hbond substituents is 1. The van der Waals surface area contributed by atoms with E-state index in [1.165, 1.54) is 82.3 Å². The molecule has 14 aromatic rings. The summed E-state index contributed by atoms with van der Waals surface area (Å²) in [7, 11) is 19.3. The van der Waals surface area contributed by atoms with Crippen molar-refractivity contribution in [3.05, 3.63) is 301 Å². The Kier molecular flexibility index (Phi) is 32.5. The molecule has 0 amide bonds. The number of carboxylic acid groups (broad SMARTS) is 1. The number of aryl methyl sites for hydroxylation is 2. The number of aromatic amines is 1. The zero-order valence-corrected chi connectivity index (χ0v) is 71.1. The van der Waals surface area contributed by atoms with Crippen molar-refractivity contribution in [1.82, 2.24) is 9.97 Å². The SMILES string of the molecule is CC(=O)c1ccc(C)c([N+](=O)[O-])c1O.CC(=O)c1ccc(C)c([N+](=O)[O-])c1OC(=O)c1ccc(N(C)C)cc1.CN(C)c1ccc(-c2cc(=O)c3ccc(N)c(N)c3o2)cc1.CN(C)c1ccc(-c2cc(=O)c3ccc(N)c([N+](=O)[O-])c3o2)cc1.CN(C)c1ccc(-c2cc(=O)c3ccc4[nH]cnc4c3o2)cc1.CN(C)c1ccc(C(=O)Cl)cc1.Cl.O=CO. The minimum absolute atomic E-state index is 0. The lowest BCUT2D eigenvalue weighted by atomic mass is 10.1. The Balaban J connectivity index is 0.000000206. The lowest BCUT2D eigenvalue weighted by Crippen LogP contribution is -2.14. The van der Waals surface area contributed by atoms with Gasteiger partial charge in [0, 0.05) is 150 Å². The zero-order valence-electron chi connectivity index (χ0n) is 69.5. The molecule has 10 aromatic carbocycles. The number of nitrogens with one attached hydrogen (secondary N) is 1. The summed E-state index contributed by atoms with van der Waals surface area (Å²) in [4.78, 5) is 139. The van der Waals surface area contributed by atoms with Gasteiger partial charge in [-0.1, -0.05) is 12.1 Å². The molecule has 124 heavy (non-hydrogen) atoms. The molecule has 0 aliphatic rings. The Bertz CT molecular complexity index is 6490. The highest BCUT2D eigenvalue weighted by Crippen LogP contribution is 2.39. The number of esters is 1. The van der Waals surface area contributed by atoms with E-state index in [9.17, 15) is 69.0 Å². The van der Waals surface area contributed by atoms with Gasteiger partial charge in [-0.25, -0.2) is 9.78 Å². The highest BCUT2D eigenvalue weighted by atomic mass is 35.5. The molecular formula is C89H87Cl2N13O20. The number of hydrogen-bond donors (Lipinski definition) is 6. The van der Waals surface area contributed by atoms with Crippen LogP contribution in [0.25, 0.3) is 77.9 Å². The van der Waals surface area contributed by atoms with Gasteiger partial charge in [-0.2, -0.15) is 0 Å². The van der Waals surface area contributed by atoms with Gasteiger partial charge >= 0.3 is 23.0 Å². The molecule has 0 aliphatic carbocycles. The topological polar surface area (TPSA) is 478 Å². The Morgan fingerprint density at radius 1 is 0.468 bits per heavy atom. The van der Waals surface area contributed by atoms with Crippen molar-refractivity contribution in [3.63, 3.8) is 0 Å². The van der Waals surface area contributed by atoms with E-state index in [0.717, 1.165) is 45.1 Å². The maximum atomic E-state index is 12.4. The third-order valence-electron chi connectivity index (χ3n) is 18.6. The van der Waals surface area contributed by atoms with Gasteiger partial charge < -0.3 is 74.9 Å². The molecule has 0 spiro atoms. The number of benzene rings is 10. The Morgan fingerprint density at radius 3 is 1.19 bits per heavy atom. The quantitative estimate of drug-likeness (QED) is 0.00764. The number of nitrogens with two attached hydrogens (primary N) is 3. The zero-order chi connectivity index (χ0) is 90.7. The fourth-order valence-electron chi connectivity index (χ4n) is 11.9. The first-order valence-electron chi connectivity index (χ1n) is 36.9. The number of hydrogen-bond acceptors (Lipinski definition) is 28. The van der Waals surface area contributed by atoms with Crippen LogP contribution in [0.2, 0.25) is 0 Å². The van der Waals surface area contributed by atoms with Gasteiger partial charge in [0.25, 0.3) is 11.7 Å². The first-order chi connectivity index (χ1) is 58.2.